The number of hydrogen-bond donors (Lipinski definition) is 1. The molecule has 1 heterocycles. The van der Waals surface area contributed by atoms with Crippen LogP contribution in [0.2, 0.25) is 0 Å². The Morgan fingerprint density at radius 3 is 2.87 bits per heavy atom. The molecule has 0 unspecified atom stereocenters. The van der Waals surface area contributed by atoms with E-state index in [-0.39, 0.29) is 11.7 Å². The van der Waals surface area contributed by atoms with Crippen LogP contribution in [0.15, 0.2) is 29.4 Å². The lowest BCUT2D eigenvalue weighted by Crippen LogP contribution is -2.38. The molecule has 1 N–H and O–H groups in total. The average molecular weight is 327 g/mol. The fraction of sp³-hybridized carbons (Fsp3) is 0.467. The normalized spacial score (nSPS) is 16.0. The maximum absolute atomic E-state index is 12.3. The summed E-state index contributed by atoms with van der Waals surface area (Å²) in [5.74, 6) is -0.228. The third-order valence-corrected chi connectivity index (χ3v) is 3.29. The van der Waals surface area contributed by atoms with Crippen LogP contribution in [0.25, 0.3) is 0 Å². The minimum absolute atomic E-state index is 0.00816. The van der Waals surface area contributed by atoms with E-state index in [4.69, 9.17) is 4.74 Å². The van der Waals surface area contributed by atoms with Crippen LogP contribution in [0, 0.1) is 0 Å². The van der Waals surface area contributed by atoms with Crippen LogP contribution in [0.3, 0.4) is 0 Å². The van der Waals surface area contributed by atoms with E-state index in [9.17, 15) is 13.6 Å². The first-order valence-electron chi connectivity index (χ1n) is 7.31. The van der Waals surface area contributed by atoms with Gasteiger partial charge in [0.25, 0.3) is 0 Å². The number of benzene rings is 1. The zero-order valence-corrected chi connectivity index (χ0v) is 12.6. The van der Waals surface area contributed by atoms with Gasteiger partial charge in [-0.25, -0.2) is 5.43 Å². The molecule has 2 rings (SSSR count). The number of rotatable bonds is 7. The number of nitrogens with one attached hydrogen (secondary N) is 1. The smallest absolute Gasteiger partial charge is 0.387 e. The van der Waals surface area contributed by atoms with E-state index >= 15 is 0 Å². The highest BCUT2D eigenvalue weighted by Crippen LogP contribution is 2.18. The molecular weight excluding hydrogens is 308 g/mol. The number of amides is 1. The first kappa shape index (κ1) is 17.3. The highest BCUT2D eigenvalue weighted by molar-refractivity contribution is 5.85. The van der Waals surface area contributed by atoms with Crippen LogP contribution in [-0.4, -0.2) is 56.5 Å². The van der Waals surface area contributed by atoms with Crippen molar-refractivity contribution in [2.75, 3.05) is 32.8 Å². The molecule has 23 heavy (non-hydrogen) atoms. The maximum atomic E-state index is 12.3. The summed E-state index contributed by atoms with van der Waals surface area (Å²) in [5, 5.41) is 3.78. The van der Waals surface area contributed by atoms with Crippen LogP contribution in [0.5, 0.6) is 5.75 Å². The van der Waals surface area contributed by atoms with E-state index in [1.165, 1.54) is 12.3 Å². The van der Waals surface area contributed by atoms with Crippen LogP contribution in [0.4, 0.5) is 8.78 Å². The summed E-state index contributed by atoms with van der Waals surface area (Å²) in [5.41, 5.74) is 2.74. The van der Waals surface area contributed by atoms with Crippen molar-refractivity contribution >= 4 is 12.1 Å². The second kappa shape index (κ2) is 9.16. The molecule has 0 atom stereocenters. The van der Waals surface area contributed by atoms with Crippen LogP contribution in [0.1, 0.15) is 12.0 Å². The number of carbonyl (C=O) groups is 1. The molecule has 1 amide bonds. The van der Waals surface area contributed by atoms with Crippen molar-refractivity contribution in [3.63, 3.8) is 0 Å². The molecule has 0 aliphatic carbocycles. The van der Waals surface area contributed by atoms with Crippen molar-refractivity contribution in [3.05, 3.63) is 29.8 Å². The second-order valence-electron chi connectivity index (χ2n) is 4.91. The van der Waals surface area contributed by atoms with Crippen molar-refractivity contribution in [3.8, 4) is 5.75 Å². The first-order valence-corrected chi connectivity index (χ1v) is 7.31. The SMILES string of the molecule is O=C(CCN1CCOCC1)N/N=C/c1ccccc1OC(F)F. The zero-order valence-electron chi connectivity index (χ0n) is 12.6. The van der Waals surface area contributed by atoms with Gasteiger partial charge in [-0.15, -0.1) is 0 Å². The van der Waals surface area contributed by atoms with E-state index in [1.54, 1.807) is 18.2 Å². The van der Waals surface area contributed by atoms with Gasteiger partial charge >= 0.3 is 6.61 Å². The van der Waals surface area contributed by atoms with Gasteiger partial charge in [0.15, 0.2) is 0 Å². The Bertz CT molecular complexity index is 534. The molecule has 0 aromatic heterocycles. The molecule has 1 aromatic carbocycles. The molecule has 0 radical (unpaired) electrons. The number of morpholine rings is 1. The molecule has 126 valence electrons. The second-order valence-corrected chi connectivity index (χ2v) is 4.91. The molecule has 1 aliphatic rings. The Labute approximate surface area is 133 Å². The monoisotopic (exact) mass is 327 g/mol. The quantitative estimate of drug-likeness (QED) is 0.608. The molecule has 1 aromatic rings. The van der Waals surface area contributed by atoms with Gasteiger partial charge in [-0.1, -0.05) is 12.1 Å². The van der Waals surface area contributed by atoms with Crippen LogP contribution >= 0.6 is 0 Å². The first-order chi connectivity index (χ1) is 11.1. The minimum atomic E-state index is -2.91. The van der Waals surface area contributed by atoms with Crippen molar-refractivity contribution in [2.45, 2.75) is 13.0 Å². The molecule has 0 saturated carbocycles. The fourth-order valence-corrected chi connectivity index (χ4v) is 2.10. The Morgan fingerprint density at radius 2 is 2.13 bits per heavy atom. The third kappa shape index (κ3) is 6.29. The van der Waals surface area contributed by atoms with Gasteiger partial charge in [0.1, 0.15) is 5.75 Å². The lowest BCUT2D eigenvalue weighted by molar-refractivity contribution is -0.121. The zero-order chi connectivity index (χ0) is 16.5. The van der Waals surface area contributed by atoms with Crippen molar-refractivity contribution in [2.24, 2.45) is 5.10 Å². The Morgan fingerprint density at radius 1 is 1.39 bits per heavy atom. The van der Waals surface area contributed by atoms with Gasteiger partial charge in [0.2, 0.25) is 5.91 Å². The van der Waals surface area contributed by atoms with Gasteiger partial charge in [-0.3, -0.25) is 9.69 Å². The predicted molar refractivity (Wildman–Crippen MR) is 80.7 cm³/mol. The predicted octanol–water partition coefficient (Wildman–Crippen LogP) is 1.46. The summed E-state index contributed by atoms with van der Waals surface area (Å²) in [6, 6.07) is 6.23. The Hall–Kier alpha value is -2.06. The number of ether oxygens (including phenoxy) is 2. The van der Waals surface area contributed by atoms with E-state index in [0.717, 1.165) is 13.1 Å². The molecule has 0 bridgehead atoms. The number of para-hydroxylation sites is 1. The summed E-state index contributed by atoms with van der Waals surface area (Å²) < 4.78 is 34.2. The van der Waals surface area contributed by atoms with Gasteiger partial charge in [-0.2, -0.15) is 13.9 Å². The molecule has 8 heteroatoms. The van der Waals surface area contributed by atoms with Crippen molar-refractivity contribution in [1.29, 1.82) is 0 Å². The minimum Gasteiger partial charge on any atom is -0.434 e. The fourth-order valence-electron chi connectivity index (χ4n) is 2.10. The highest BCUT2D eigenvalue weighted by Gasteiger charge is 2.11. The number of carbonyl (C=O) groups excluding carboxylic acids is 1. The molecule has 1 fully saturated rings. The van der Waals surface area contributed by atoms with Gasteiger partial charge in [-0.05, 0) is 12.1 Å². The highest BCUT2D eigenvalue weighted by atomic mass is 19.3. The van der Waals surface area contributed by atoms with E-state index in [0.29, 0.717) is 31.7 Å². The van der Waals surface area contributed by atoms with E-state index < -0.39 is 6.61 Å². The summed E-state index contributed by atoms with van der Waals surface area (Å²) >= 11 is 0. The largest absolute Gasteiger partial charge is 0.434 e. The Kier molecular flexibility index (Phi) is 6.89. The van der Waals surface area contributed by atoms with Crippen LogP contribution < -0.4 is 10.2 Å². The summed E-state index contributed by atoms with van der Waals surface area (Å²) in [6.45, 7) is 0.716. The maximum Gasteiger partial charge on any atom is 0.387 e. The average Bonchev–Trinajstić information content (AvgIpc) is 2.55. The van der Waals surface area contributed by atoms with E-state index in [1.807, 2.05) is 0 Å². The number of hydrogen-bond acceptors (Lipinski definition) is 5. The molecule has 0 spiro atoms. The summed E-state index contributed by atoms with van der Waals surface area (Å²) in [6.07, 6.45) is 1.59. The standard InChI is InChI=1S/C15H19F2N3O3/c16-15(17)23-13-4-2-1-3-12(13)11-18-19-14(21)5-6-20-7-9-22-10-8-20/h1-4,11,15H,5-10H2,(H,19,21)/b18-11+. The summed E-state index contributed by atoms with van der Waals surface area (Å²) in [7, 11) is 0. The molecule has 1 aliphatic heterocycles. The van der Waals surface area contributed by atoms with Gasteiger partial charge < -0.3 is 9.47 Å². The van der Waals surface area contributed by atoms with E-state index in [2.05, 4.69) is 20.2 Å². The van der Waals surface area contributed by atoms with Crippen molar-refractivity contribution < 1.29 is 23.0 Å². The molecule has 1 saturated heterocycles. The number of nitrogens with zero attached hydrogens (tertiary/aromatic N) is 2. The van der Waals surface area contributed by atoms with Gasteiger partial charge in [0.05, 0.1) is 19.4 Å². The number of halogens is 2. The van der Waals surface area contributed by atoms with Crippen molar-refractivity contribution in [1.82, 2.24) is 10.3 Å². The number of alkyl halides is 2. The lowest BCUT2D eigenvalue weighted by atomic mass is 10.2. The number of hydrazone groups is 1. The molecular formula is C15H19F2N3O3. The Balaban J connectivity index is 1.78. The third-order valence-electron chi connectivity index (χ3n) is 3.29. The van der Waals surface area contributed by atoms with Gasteiger partial charge in [0, 0.05) is 31.6 Å². The topological polar surface area (TPSA) is 63.2 Å². The summed E-state index contributed by atoms with van der Waals surface area (Å²) in [4.78, 5) is 13.8. The molecule has 6 nitrogen and oxygen atoms in total. The lowest BCUT2D eigenvalue weighted by Gasteiger charge is -2.25. The van der Waals surface area contributed by atoms with Crippen LogP contribution in [-0.2, 0) is 9.53 Å².